The summed E-state index contributed by atoms with van der Waals surface area (Å²) in [7, 11) is 0. The van der Waals surface area contributed by atoms with Crippen LogP contribution in [-0.2, 0) is 9.53 Å². The zero-order valence-corrected chi connectivity index (χ0v) is 28.0. The SMILES string of the molecule is CCCCCCCCCC(CCCCCCC)C(=O)OC[C@@]1(C)CCC[C@@]2(C)C1CCC1CC(C(C)C)CC[C@H]12. The number of hydrogen-bond donors (Lipinski definition) is 0. The van der Waals surface area contributed by atoms with Gasteiger partial charge in [0, 0.05) is 5.41 Å². The van der Waals surface area contributed by atoms with Crippen molar-refractivity contribution in [1.29, 1.82) is 0 Å². The first-order valence-corrected chi connectivity index (χ1v) is 18.4. The third-order valence-electron chi connectivity index (χ3n) is 12.4. The van der Waals surface area contributed by atoms with Crippen LogP contribution in [-0.4, -0.2) is 12.6 Å². The number of ether oxygens (including phenoxy) is 1. The van der Waals surface area contributed by atoms with Gasteiger partial charge in [-0.25, -0.2) is 0 Å². The molecule has 0 radical (unpaired) electrons. The maximum absolute atomic E-state index is 13.6. The molecule has 40 heavy (non-hydrogen) atoms. The molecule has 2 nitrogen and oxygen atoms in total. The van der Waals surface area contributed by atoms with Crippen LogP contribution in [0.5, 0.6) is 0 Å². The minimum absolute atomic E-state index is 0.123. The highest BCUT2D eigenvalue weighted by Gasteiger charge is 2.57. The molecule has 0 heterocycles. The van der Waals surface area contributed by atoms with Crippen LogP contribution in [0.15, 0.2) is 0 Å². The largest absolute Gasteiger partial charge is 0.465 e. The van der Waals surface area contributed by atoms with E-state index in [0.717, 1.165) is 36.5 Å². The van der Waals surface area contributed by atoms with Gasteiger partial charge in [0.1, 0.15) is 0 Å². The van der Waals surface area contributed by atoms with Gasteiger partial charge in [-0.05, 0) is 92.8 Å². The third-order valence-corrected chi connectivity index (χ3v) is 12.4. The summed E-state index contributed by atoms with van der Waals surface area (Å²) < 4.78 is 6.37. The van der Waals surface area contributed by atoms with Crippen molar-refractivity contribution in [3.63, 3.8) is 0 Å². The van der Waals surface area contributed by atoms with E-state index in [4.69, 9.17) is 4.74 Å². The Morgan fingerprint density at radius 1 is 0.775 bits per heavy atom. The van der Waals surface area contributed by atoms with E-state index in [1.807, 2.05) is 0 Å². The van der Waals surface area contributed by atoms with Crippen molar-refractivity contribution >= 4 is 5.97 Å². The van der Waals surface area contributed by atoms with E-state index in [9.17, 15) is 4.79 Å². The second-order valence-corrected chi connectivity index (χ2v) is 15.7. The van der Waals surface area contributed by atoms with E-state index < -0.39 is 0 Å². The summed E-state index contributed by atoms with van der Waals surface area (Å²) in [5.74, 6) is 4.58. The molecule has 3 fully saturated rings. The summed E-state index contributed by atoms with van der Waals surface area (Å²) >= 11 is 0. The minimum atomic E-state index is 0.123. The van der Waals surface area contributed by atoms with E-state index in [-0.39, 0.29) is 17.3 Å². The summed E-state index contributed by atoms with van der Waals surface area (Å²) in [6, 6.07) is 0. The van der Waals surface area contributed by atoms with Gasteiger partial charge in [-0.2, -0.15) is 0 Å². The molecule has 0 aromatic heterocycles. The molecule has 4 unspecified atom stereocenters. The molecule has 3 aliphatic carbocycles. The van der Waals surface area contributed by atoms with Gasteiger partial charge in [0.15, 0.2) is 0 Å². The zero-order valence-electron chi connectivity index (χ0n) is 28.0. The maximum Gasteiger partial charge on any atom is 0.308 e. The smallest absolute Gasteiger partial charge is 0.308 e. The fraction of sp³-hybridized carbons (Fsp3) is 0.974. The number of rotatable bonds is 18. The maximum atomic E-state index is 13.6. The second-order valence-electron chi connectivity index (χ2n) is 15.7. The predicted molar refractivity (Wildman–Crippen MR) is 172 cm³/mol. The summed E-state index contributed by atoms with van der Waals surface area (Å²) in [5.41, 5.74) is 0.605. The molecule has 7 atom stereocenters. The van der Waals surface area contributed by atoms with Crippen molar-refractivity contribution in [1.82, 2.24) is 0 Å². The van der Waals surface area contributed by atoms with Crippen molar-refractivity contribution in [2.24, 2.45) is 46.3 Å². The lowest BCUT2D eigenvalue weighted by Gasteiger charge is -2.61. The van der Waals surface area contributed by atoms with Crippen molar-refractivity contribution in [3.05, 3.63) is 0 Å². The lowest BCUT2D eigenvalue weighted by atomic mass is 9.44. The van der Waals surface area contributed by atoms with Crippen LogP contribution in [0.25, 0.3) is 0 Å². The molecule has 0 saturated heterocycles. The number of unbranched alkanes of at least 4 members (excludes halogenated alkanes) is 10. The van der Waals surface area contributed by atoms with Gasteiger partial charge in [-0.1, -0.05) is 125 Å². The van der Waals surface area contributed by atoms with Crippen LogP contribution in [0.4, 0.5) is 0 Å². The summed E-state index contributed by atoms with van der Waals surface area (Å²) in [5, 5.41) is 0. The van der Waals surface area contributed by atoms with Gasteiger partial charge in [0.05, 0.1) is 12.5 Å². The molecule has 0 aliphatic heterocycles. The van der Waals surface area contributed by atoms with E-state index in [1.165, 1.54) is 128 Å². The first-order chi connectivity index (χ1) is 19.2. The Kier molecular flexibility index (Phi) is 14.4. The molecule has 0 bridgehead atoms. The molecule has 0 aromatic rings. The van der Waals surface area contributed by atoms with Gasteiger partial charge >= 0.3 is 5.97 Å². The summed E-state index contributed by atoms with van der Waals surface area (Å²) in [6.07, 6.45) is 28.7. The molecule has 0 N–H and O–H groups in total. The van der Waals surface area contributed by atoms with Gasteiger partial charge < -0.3 is 4.74 Å². The standard InChI is InChI=1S/C38H70O2/c1-7-9-11-13-14-16-18-21-31(20-17-15-12-10-8-2)36(39)40-29-37(5)26-19-27-38(6)34-24-22-32(30(3)4)28-33(34)23-25-35(37)38/h30-35H,7-29H2,1-6H3/t31?,32?,33?,34-,35?,37-,38-/m1/s1. The van der Waals surface area contributed by atoms with Crippen molar-refractivity contribution in [3.8, 4) is 0 Å². The number of carbonyl (C=O) groups excluding carboxylic acids is 1. The molecule has 0 amide bonds. The molecule has 3 aliphatic rings. The molecule has 0 spiro atoms. The number of esters is 1. The molecule has 2 heteroatoms. The van der Waals surface area contributed by atoms with Gasteiger partial charge in [0.25, 0.3) is 0 Å². The Morgan fingerprint density at radius 2 is 1.38 bits per heavy atom. The topological polar surface area (TPSA) is 26.3 Å². The van der Waals surface area contributed by atoms with Crippen LogP contribution in [0.2, 0.25) is 0 Å². The zero-order chi connectivity index (χ0) is 29.0. The lowest BCUT2D eigenvalue weighted by Crippen LogP contribution is -2.55. The Labute approximate surface area is 250 Å². The average molecular weight is 559 g/mol. The van der Waals surface area contributed by atoms with E-state index >= 15 is 0 Å². The number of carbonyl (C=O) groups is 1. The Morgan fingerprint density at radius 3 is 1.98 bits per heavy atom. The predicted octanol–water partition coefficient (Wildman–Crippen LogP) is 11.9. The highest BCUT2D eigenvalue weighted by molar-refractivity contribution is 5.72. The Bertz CT molecular complexity index is 714. The van der Waals surface area contributed by atoms with Crippen molar-refractivity contribution < 1.29 is 9.53 Å². The fourth-order valence-electron chi connectivity index (χ4n) is 9.86. The highest BCUT2D eigenvalue weighted by Crippen LogP contribution is 2.64. The number of hydrogen-bond acceptors (Lipinski definition) is 2. The highest BCUT2D eigenvalue weighted by atomic mass is 16.5. The first kappa shape index (κ1) is 34.0. The van der Waals surface area contributed by atoms with Gasteiger partial charge in [0.2, 0.25) is 0 Å². The average Bonchev–Trinajstić information content (AvgIpc) is 2.94. The molecule has 234 valence electrons. The Balaban J connectivity index is 1.55. The normalized spacial score (nSPS) is 32.9. The monoisotopic (exact) mass is 559 g/mol. The summed E-state index contributed by atoms with van der Waals surface area (Å²) in [4.78, 5) is 13.6. The lowest BCUT2D eigenvalue weighted by molar-refractivity contribution is -0.167. The van der Waals surface area contributed by atoms with Gasteiger partial charge in [-0.15, -0.1) is 0 Å². The molecular weight excluding hydrogens is 488 g/mol. The third kappa shape index (κ3) is 9.23. The van der Waals surface area contributed by atoms with Crippen LogP contribution >= 0.6 is 0 Å². The minimum Gasteiger partial charge on any atom is -0.465 e. The van der Waals surface area contributed by atoms with Crippen LogP contribution in [0, 0.1) is 46.3 Å². The van der Waals surface area contributed by atoms with E-state index in [1.54, 1.807) is 0 Å². The summed E-state index contributed by atoms with van der Waals surface area (Å²) in [6.45, 7) is 15.3. The van der Waals surface area contributed by atoms with E-state index in [2.05, 4.69) is 41.5 Å². The van der Waals surface area contributed by atoms with Crippen LogP contribution < -0.4 is 0 Å². The quantitative estimate of drug-likeness (QED) is 0.123. The van der Waals surface area contributed by atoms with Gasteiger partial charge in [-0.3, -0.25) is 4.79 Å². The van der Waals surface area contributed by atoms with Crippen molar-refractivity contribution in [2.45, 2.75) is 183 Å². The molecule has 0 aromatic carbocycles. The molecule has 3 rings (SSSR count). The van der Waals surface area contributed by atoms with Crippen LogP contribution in [0.1, 0.15) is 183 Å². The first-order valence-electron chi connectivity index (χ1n) is 18.4. The Hall–Kier alpha value is -0.530. The molecular formula is C38H70O2. The van der Waals surface area contributed by atoms with Crippen LogP contribution in [0.3, 0.4) is 0 Å². The fourth-order valence-corrected chi connectivity index (χ4v) is 9.86. The van der Waals surface area contributed by atoms with Crippen molar-refractivity contribution in [2.75, 3.05) is 6.61 Å². The number of fused-ring (bicyclic) bond motifs is 3. The second kappa shape index (κ2) is 16.9. The van der Waals surface area contributed by atoms with E-state index in [0.29, 0.717) is 17.9 Å². The molecule has 3 saturated carbocycles.